The van der Waals surface area contributed by atoms with E-state index in [1.807, 2.05) is 0 Å². The maximum atomic E-state index is 11.4. The minimum Gasteiger partial charge on any atom is -0.328 e. The van der Waals surface area contributed by atoms with Gasteiger partial charge >= 0.3 is 0 Å². The molecule has 0 radical (unpaired) electrons. The molecule has 6 heavy (non-hydrogen) atoms. The van der Waals surface area contributed by atoms with Crippen molar-refractivity contribution in [2.24, 2.45) is 5.73 Å². The Kier molecular flexibility index (Phi) is 2.94. The molecule has 0 fully saturated rings. The normalized spacial score (nSPS) is 14.5. The van der Waals surface area contributed by atoms with Gasteiger partial charge in [-0.05, 0) is 0 Å². The van der Waals surface area contributed by atoms with Crippen LogP contribution in [0.3, 0.4) is 0 Å². The lowest BCUT2D eigenvalue weighted by Gasteiger charge is -1.91. The van der Waals surface area contributed by atoms with Gasteiger partial charge in [-0.25, -0.2) is 8.78 Å². The molecule has 3 heteroatoms. The first kappa shape index (κ1) is 5.82. The van der Waals surface area contributed by atoms with Gasteiger partial charge < -0.3 is 5.73 Å². The first-order valence-electron chi connectivity index (χ1n) is 1.71. The van der Waals surface area contributed by atoms with E-state index in [0.29, 0.717) is 0 Å². The number of halogens is 2. The molecule has 0 amide bonds. The summed E-state index contributed by atoms with van der Waals surface area (Å²) in [6.07, 6.45) is -1.45. The second-order valence-corrected chi connectivity index (χ2v) is 0.987. The molecule has 0 aromatic rings. The highest BCUT2D eigenvalue weighted by Gasteiger charge is 1.97. The fraction of sp³-hybridized carbons (Fsp3) is 1.00. The molecule has 1 atom stereocenters. The van der Waals surface area contributed by atoms with Gasteiger partial charge in [0.05, 0.1) is 0 Å². The number of alkyl halides is 2. The maximum Gasteiger partial charge on any atom is 0.140 e. The second-order valence-electron chi connectivity index (χ2n) is 0.987. The molecule has 38 valence electrons. The largest absolute Gasteiger partial charge is 0.328 e. The standard InChI is InChI=1S/C3H7F2N/c4-1-3(5)2-6/h3H,1-2,6H2. The quantitative estimate of drug-likeness (QED) is 0.522. The molecule has 0 bridgehead atoms. The van der Waals surface area contributed by atoms with Gasteiger partial charge in [0.25, 0.3) is 0 Å². The highest BCUT2D eigenvalue weighted by Crippen LogP contribution is 1.84. The number of hydrogen-bond acceptors (Lipinski definition) is 1. The summed E-state index contributed by atoms with van der Waals surface area (Å²) < 4.78 is 22.3. The van der Waals surface area contributed by atoms with Gasteiger partial charge in [-0.15, -0.1) is 0 Å². The molecule has 1 nitrogen and oxygen atoms in total. The van der Waals surface area contributed by atoms with Crippen molar-refractivity contribution < 1.29 is 8.78 Å². The number of nitrogens with two attached hydrogens (primary N) is 1. The van der Waals surface area contributed by atoms with Gasteiger partial charge in [0.1, 0.15) is 12.8 Å². The smallest absolute Gasteiger partial charge is 0.140 e. The lowest BCUT2D eigenvalue weighted by Crippen LogP contribution is -2.16. The first-order chi connectivity index (χ1) is 2.81. The third-order valence-corrected chi connectivity index (χ3v) is 0.423. The molecule has 0 spiro atoms. The monoisotopic (exact) mass is 95.1 g/mol. The SMILES string of the molecule is NCC(F)CF. The fourth-order valence-corrected chi connectivity index (χ4v) is 0.0630. The molecule has 0 aliphatic carbocycles. The van der Waals surface area contributed by atoms with E-state index in [4.69, 9.17) is 0 Å². The van der Waals surface area contributed by atoms with Crippen LogP contribution in [-0.4, -0.2) is 19.4 Å². The molecule has 0 aliphatic rings. The third kappa shape index (κ3) is 2.08. The van der Waals surface area contributed by atoms with Gasteiger partial charge in [-0.2, -0.15) is 0 Å². The molecule has 1 unspecified atom stereocenters. The molecular formula is C3H7F2N. The van der Waals surface area contributed by atoms with Crippen LogP contribution in [0.15, 0.2) is 0 Å². The van der Waals surface area contributed by atoms with E-state index in [2.05, 4.69) is 5.73 Å². The summed E-state index contributed by atoms with van der Waals surface area (Å²) in [7, 11) is 0. The third-order valence-electron chi connectivity index (χ3n) is 0.423. The van der Waals surface area contributed by atoms with Crippen LogP contribution in [0.25, 0.3) is 0 Å². The van der Waals surface area contributed by atoms with Gasteiger partial charge in [0.2, 0.25) is 0 Å². The molecule has 2 N–H and O–H groups in total. The van der Waals surface area contributed by atoms with Gasteiger partial charge in [0, 0.05) is 6.54 Å². The molecule has 0 saturated heterocycles. The predicted octanol–water partition coefficient (Wildman–Crippen LogP) is 0.253. The zero-order chi connectivity index (χ0) is 4.99. The van der Waals surface area contributed by atoms with Gasteiger partial charge in [-0.1, -0.05) is 0 Å². The Morgan fingerprint density at radius 3 is 2.17 bits per heavy atom. The Labute approximate surface area is 35.1 Å². The zero-order valence-corrected chi connectivity index (χ0v) is 3.32. The fourth-order valence-electron chi connectivity index (χ4n) is 0.0630. The van der Waals surface area contributed by atoms with Crippen molar-refractivity contribution in [2.45, 2.75) is 6.17 Å². The maximum absolute atomic E-state index is 11.4. The van der Waals surface area contributed by atoms with Crippen LogP contribution in [0.4, 0.5) is 8.78 Å². The summed E-state index contributed by atoms with van der Waals surface area (Å²) in [4.78, 5) is 0. The Morgan fingerprint density at radius 2 is 2.17 bits per heavy atom. The van der Waals surface area contributed by atoms with Gasteiger partial charge in [0.15, 0.2) is 0 Å². The van der Waals surface area contributed by atoms with Crippen molar-refractivity contribution in [3.63, 3.8) is 0 Å². The summed E-state index contributed by atoms with van der Waals surface area (Å²) >= 11 is 0. The Hall–Kier alpha value is -0.180. The zero-order valence-electron chi connectivity index (χ0n) is 3.32. The minimum absolute atomic E-state index is 0.212. The van der Waals surface area contributed by atoms with Crippen LogP contribution in [0.5, 0.6) is 0 Å². The van der Waals surface area contributed by atoms with Crippen molar-refractivity contribution >= 4 is 0 Å². The molecular weight excluding hydrogens is 88.0 g/mol. The molecule has 0 aromatic heterocycles. The summed E-state index contributed by atoms with van der Waals surface area (Å²) in [5.41, 5.74) is 4.67. The van der Waals surface area contributed by atoms with Crippen LogP contribution in [0.1, 0.15) is 0 Å². The Morgan fingerprint density at radius 1 is 1.67 bits per heavy atom. The molecule has 0 aliphatic heterocycles. The average Bonchev–Trinajstić information content (AvgIpc) is 1.65. The van der Waals surface area contributed by atoms with E-state index in [9.17, 15) is 8.78 Å². The van der Waals surface area contributed by atoms with E-state index < -0.39 is 12.8 Å². The summed E-state index contributed by atoms with van der Waals surface area (Å²) in [6, 6.07) is 0. The second kappa shape index (κ2) is 3.03. The number of hydrogen-bond donors (Lipinski definition) is 1. The summed E-state index contributed by atoms with van der Waals surface area (Å²) in [5, 5.41) is 0. The summed E-state index contributed by atoms with van der Waals surface area (Å²) in [5.74, 6) is 0. The highest BCUT2D eigenvalue weighted by molar-refractivity contribution is 4.49. The highest BCUT2D eigenvalue weighted by atomic mass is 19.2. The van der Waals surface area contributed by atoms with Crippen molar-refractivity contribution in [1.82, 2.24) is 0 Å². The topological polar surface area (TPSA) is 26.0 Å². The minimum atomic E-state index is -1.45. The van der Waals surface area contributed by atoms with E-state index in [1.165, 1.54) is 0 Å². The van der Waals surface area contributed by atoms with Crippen molar-refractivity contribution in [3.8, 4) is 0 Å². The Bertz CT molecular complexity index is 28.0. The molecule has 0 rings (SSSR count). The first-order valence-corrected chi connectivity index (χ1v) is 1.71. The number of rotatable bonds is 2. The molecule has 0 saturated carbocycles. The van der Waals surface area contributed by atoms with E-state index in [1.54, 1.807) is 0 Å². The predicted molar refractivity (Wildman–Crippen MR) is 19.9 cm³/mol. The van der Waals surface area contributed by atoms with Crippen LogP contribution in [0.2, 0.25) is 0 Å². The average molecular weight is 95.1 g/mol. The molecule has 0 aromatic carbocycles. The summed E-state index contributed by atoms with van der Waals surface area (Å²) in [6.45, 7) is -1.17. The van der Waals surface area contributed by atoms with Gasteiger partial charge in [-0.3, -0.25) is 0 Å². The van der Waals surface area contributed by atoms with Crippen LogP contribution in [-0.2, 0) is 0 Å². The van der Waals surface area contributed by atoms with Crippen LogP contribution in [0, 0.1) is 0 Å². The van der Waals surface area contributed by atoms with Crippen molar-refractivity contribution in [3.05, 3.63) is 0 Å². The van der Waals surface area contributed by atoms with E-state index >= 15 is 0 Å². The van der Waals surface area contributed by atoms with Crippen LogP contribution >= 0.6 is 0 Å². The lowest BCUT2D eigenvalue weighted by molar-refractivity contribution is 0.268. The molecule has 0 heterocycles. The Balaban J connectivity index is 2.75. The van der Waals surface area contributed by atoms with E-state index in [0.717, 1.165) is 0 Å². The lowest BCUT2D eigenvalue weighted by atomic mass is 10.4. The van der Waals surface area contributed by atoms with Crippen molar-refractivity contribution in [2.75, 3.05) is 13.2 Å². The van der Waals surface area contributed by atoms with E-state index in [-0.39, 0.29) is 6.54 Å². The van der Waals surface area contributed by atoms with Crippen LogP contribution < -0.4 is 5.73 Å². The van der Waals surface area contributed by atoms with Crippen molar-refractivity contribution in [1.29, 1.82) is 0 Å².